The van der Waals surface area contributed by atoms with Crippen LogP contribution in [0.2, 0.25) is 0 Å². The lowest BCUT2D eigenvalue weighted by Gasteiger charge is -2.44. The highest BCUT2D eigenvalue weighted by atomic mass is 16.5. The minimum Gasteiger partial charge on any atom is -0.353 e. The maximum absolute atomic E-state index is 5.96. The molecule has 3 nitrogen and oxygen atoms in total. The fraction of sp³-hybridized carbons (Fsp3) is 0.615. The van der Waals surface area contributed by atoms with E-state index in [-0.39, 0.29) is 5.72 Å². The van der Waals surface area contributed by atoms with Crippen LogP contribution in [-0.4, -0.2) is 55.4 Å². The molecule has 0 spiro atoms. The molecule has 1 saturated heterocycles. The first-order valence-electron chi connectivity index (χ1n) is 6.05. The summed E-state index contributed by atoms with van der Waals surface area (Å²) in [4.78, 5) is 4.77. The van der Waals surface area contributed by atoms with Crippen molar-refractivity contribution in [2.24, 2.45) is 0 Å². The van der Waals surface area contributed by atoms with E-state index in [4.69, 9.17) is 4.74 Å². The zero-order valence-corrected chi connectivity index (χ0v) is 10.2. The number of ether oxygens (including phenoxy) is 1. The molecule has 0 bridgehead atoms. The van der Waals surface area contributed by atoms with Gasteiger partial charge in [-0.3, -0.25) is 4.90 Å². The number of piperazine rings is 1. The summed E-state index contributed by atoms with van der Waals surface area (Å²) in [7, 11) is 2.17. The predicted octanol–water partition coefficient (Wildman–Crippen LogP) is 1.30. The second kappa shape index (κ2) is 5.13. The van der Waals surface area contributed by atoms with Crippen molar-refractivity contribution in [1.82, 2.24) is 9.80 Å². The van der Waals surface area contributed by atoms with Gasteiger partial charge in [0.05, 0.1) is 0 Å². The van der Waals surface area contributed by atoms with Crippen molar-refractivity contribution >= 4 is 0 Å². The third kappa shape index (κ3) is 2.37. The van der Waals surface area contributed by atoms with E-state index in [0.29, 0.717) is 0 Å². The van der Waals surface area contributed by atoms with E-state index in [1.165, 1.54) is 0 Å². The molecule has 0 aromatic rings. The van der Waals surface area contributed by atoms with Gasteiger partial charge in [-0.1, -0.05) is 12.2 Å². The highest BCUT2D eigenvalue weighted by Crippen LogP contribution is 2.25. The van der Waals surface area contributed by atoms with Crippen LogP contribution in [0.4, 0.5) is 0 Å². The summed E-state index contributed by atoms with van der Waals surface area (Å²) in [5.41, 5.74) is -0.301. The van der Waals surface area contributed by atoms with Gasteiger partial charge in [0.25, 0.3) is 0 Å². The number of hydrogen-bond donors (Lipinski definition) is 0. The van der Waals surface area contributed by atoms with Crippen LogP contribution in [0.1, 0.15) is 6.92 Å². The molecule has 0 aromatic carbocycles. The van der Waals surface area contributed by atoms with Gasteiger partial charge in [0.2, 0.25) is 0 Å². The Balaban J connectivity index is 2.09. The van der Waals surface area contributed by atoms with Gasteiger partial charge in [0.1, 0.15) is 0 Å². The standard InChI is InChI=1S/C13H21N2O/c1-3-16-13(7-5-4-6-8-13)15-11-9-14(2)10-12-15/h4-8H,3,9-12H2,1-2H3. The van der Waals surface area contributed by atoms with Gasteiger partial charge in [-0.15, -0.1) is 0 Å². The molecule has 0 N–H and O–H groups in total. The Labute approximate surface area is 98.4 Å². The Bertz CT molecular complexity index is 266. The van der Waals surface area contributed by atoms with Crippen LogP contribution in [0.3, 0.4) is 0 Å². The minimum atomic E-state index is -0.301. The monoisotopic (exact) mass is 221 g/mol. The Morgan fingerprint density at radius 1 is 1.12 bits per heavy atom. The lowest BCUT2D eigenvalue weighted by atomic mass is 10.0. The summed E-state index contributed by atoms with van der Waals surface area (Å²) in [6.45, 7) is 7.13. The maximum atomic E-state index is 5.96. The quantitative estimate of drug-likeness (QED) is 0.714. The van der Waals surface area contributed by atoms with Crippen LogP contribution in [-0.2, 0) is 4.74 Å². The summed E-state index contributed by atoms with van der Waals surface area (Å²) < 4.78 is 5.96. The van der Waals surface area contributed by atoms with E-state index in [1.807, 2.05) is 6.42 Å². The highest BCUT2D eigenvalue weighted by Gasteiger charge is 2.34. The summed E-state index contributed by atoms with van der Waals surface area (Å²) in [5, 5.41) is 0. The van der Waals surface area contributed by atoms with Crippen molar-refractivity contribution in [3.8, 4) is 0 Å². The van der Waals surface area contributed by atoms with E-state index in [2.05, 4.69) is 48.1 Å². The molecular weight excluding hydrogens is 200 g/mol. The fourth-order valence-electron chi connectivity index (χ4n) is 2.29. The van der Waals surface area contributed by atoms with E-state index in [0.717, 1.165) is 32.8 Å². The first-order chi connectivity index (χ1) is 7.77. The number of rotatable bonds is 3. The number of hydrogen-bond acceptors (Lipinski definition) is 3. The Morgan fingerprint density at radius 3 is 2.31 bits per heavy atom. The number of allylic oxidation sites excluding steroid dienone is 2. The Morgan fingerprint density at radius 2 is 1.75 bits per heavy atom. The van der Waals surface area contributed by atoms with Gasteiger partial charge in [-0.05, 0) is 26.1 Å². The Hall–Kier alpha value is -0.640. The molecule has 1 heterocycles. The van der Waals surface area contributed by atoms with Crippen molar-refractivity contribution in [3.63, 3.8) is 0 Å². The van der Waals surface area contributed by atoms with Gasteiger partial charge < -0.3 is 9.64 Å². The second-order valence-electron chi connectivity index (χ2n) is 4.39. The number of nitrogens with zero attached hydrogens (tertiary/aromatic N) is 2. The smallest absolute Gasteiger partial charge is 0.160 e. The van der Waals surface area contributed by atoms with E-state index in [1.54, 1.807) is 0 Å². The normalized spacial score (nSPS) is 26.1. The zero-order chi connectivity index (χ0) is 11.4. The van der Waals surface area contributed by atoms with Crippen molar-refractivity contribution in [2.45, 2.75) is 12.6 Å². The van der Waals surface area contributed by atoms with Crippen LogP contribution in [0, 0.1) is 6.42 Å². The van der Waals surface area contributed by atoms with E-state index < -0.39 is 0 Å². The molecule has 0 amide bonds. The van der Waals surface area contributed by atoms with E-state index >= 15 is 0 Å². The number of likely N-dealkylation sites (N-methyl/N-ethyl adjacent to an activating group) is 1. The van der Waals surface area contributed by atoms with Crippen LogP contribution in [0.25, 0.3) is 0 Å². The van der Waals surface area contributed by atoms with Gasteiger partial charge in [0, 0.05) is 39.2 Å². The summed E-state index contributed by atoms with van der Waals surface area (Å²) in [5.74, 6) is 0. The van der Waals surface area contributed by atoms with Gasteiger partial charge in [0.15, 0.2) is 5.72 Å². The first kappa shape index (κ1) is 11.8. The van der Waals surface area contributed by atoms with Gasteiger partial charge in [-0.2, -0.15) is 0 Å². The van der Waals surface area contributed by atoms with Crippen LogP contribution >= 0.6 is 0 Å². The van der Waals surface area contributed by atoms with Crippen molar-refractivity contribution in [2.75, 3.05) is 39.8 Å². The molecular formula is C13H21N2O. The second-order valence-corrected chi connectivity index (χ2v) is 4.39. The van der Waals surface area contributed by atoms with Crippen molar-refractivity contribution in [3.05, 3.63) is 30.7 Å². The molecule has 1 aliphatic heterocycles. The molecule has 16 heavy (non-hydrogen) atoms. The Kier molecular flexibility index (Phi) is 3.79. The highest BCUT2D eigenvalue weighted by molar-refractivity contribution is 5.27. The van der Waals surface area contributed by atoms with Crippen LogP contribution < -0.4 is 0 Å². The molecule has 0 aromatic heterocycles. The molecule has 0 atom stereocenters. The first-order valence-corrected chi connectivity index (χ1v) is 6.05. The summed E-state index contributed by atoms with van der Waals surface area (Å²) in [6.07, 6.45) is 10.5. The minimum absolute atomic E-state index is 0.301. The molecule has 1 aliphatic carbocycles. The molecule has 3 heteroatoms. The lowest BCUT2D eigenvalue weighted by Crippen LogP contribution is -2.56. The molecule has 0 unspecified atom stereocenters. The van der Waals surface area contributed by atoms with Crippen LogP contribution in [0.5, 0.6) is 0 Å². The fourth-order valence-corrected chi connectivity index (χ4v) is 2.29. The maximum Gasteiger partial charge on any atom is 0.160 e. The van der Waals surface area contributed by atoms with Gasteiger partial charge >= 0.3 is 0 Å². The van der Waals surface area contributed by atoms with Crippen molar-refractivity contribution < 1.29 is 4.74 Å². The molecule has 0 saturated carbocycles. The average molecular weight is 221 g/mol. The lowest BCUT2D eigenvalue weighted by molar-refractivity contribution is -0.0972. The molecule has 89 valence electrons. The largest absolute Gasteiger partial charge is 0.353 e. The van der Waals surface area contributed by atoms with Gasteiger partial charge in [-0.25, -0.2) is 0 Å². The van der Waals surface area contributed by atoms with Crippen LogP contribution in [0.15, 0.2) is 24.3 Å². The third-order valence-electron chi connectivity index (χ3n) is 3.27. The molecule has 1 radical (unpaired) electrons. The summed E-state index contributed by atoms with van der Waals surface area (Å²) in [6, 6.07) is 0. The predicted molar refractivity (Wildman–Crippen MR) is 66.0 cm³/mol. The van der Waals surface area contributed by atoms with Crippen molar-refractivity contribution in [1.29, 1.82) is 0 Å². The van der Waals surface area contributed by atoms with E-state index in [9.17, 15) is 0 Å². The zero-order valence-electron chi connectivity index (χ0n) is 10.2. The topological polar surface area (TPSA) is 15.7 Å². The molecule has 1 fully saturated rings. The molecule has 2 rings (SSSR count). The third-order valence-corrected chi connectivity index (χ3v) is 3.27. The molecule has 2 aliphatic rings. The summed E-state index contributed by atoms with van der Waals surface area (Å²) >= 11 is 0. The SMILES string of the molecule is CCOC1(N2CCN(C)CC2)C=C[CH]C=C1. The average Bonchev–Trinajstić information content (AvgIpc) is 2.31.